The van der Waals surface area contributed by atoms with E-state index in [0.717, 1.165) is 37.1 Å². The molecule has 0 unspecified atom stereocenters. The summed E-state index contributed by atoms with van der Waals surface area (Å²) in [4.78, 5) is 12.4. The van der Waals surface area contributed by atoms with Crippen LogP contribution in [0.5, 0.6) is 0 Å². The van der Waals surface area contributed by atoms with Crippen LogP contribution in [0.2, 0.25) is 5.02 Å². The van der Waals surface area contributed by atoms with Gasteiger partial charge in [-0.05, 0) is 37.0 Å². The quantitative estimate of drug-likeness (QED) is 0.748. The highest BCUT2D eigenvalue weighted by molar-refractivity contribution is 8.00. The highest BCUT2D eigenvalue weighted by atomic mass is 35.5. The van der Waals surface area contributed by atoms with E-state index in [1.807, 2.05) is 0 Å². The minimum atomic E-state index is -4.49. The summed E-state index contributed by atoms with van der Waals surface area (Å²) in [6.07, 6.45) is -0.129. The van der Waals surface area contributed by atoms with Crippen LogP contribution in [0, 0.1) is 5.92 Å². The van der Waals surface area contributed by atoms with Crippen LogP contribution in [0.4, 0.5) is 13.2 Å². The van der Waals surface area contributed by atoms with Crippen molar-refractivity contribution in [2.24, 2.45) is 5.92 Å². The average molecular weight is 366 g/mol. The minimum Gasteiger partial charge on any atom is -0.352 e. The molecule has 1 aliphatic carbocycles. The first-order valence-electron chi connectivity index (χ1n) is 7.56. The van der Waals surface area contributed by atoms with Crippen molar-refractivity contribution in [3.63, 3.8) is 0 Å². The van der Waals surface area contributed by atoms with Crippen LogP contribution in [0.1, 0.15) is 38.2 Å². The van der Waals surface area contributed by atoms with Gasteiger partial charge in [0.1, 0.15) is 0 Å². The fourth-order valence-electron chi connectivity index (χ4n) is 2.74. The van der Waals surface area contributed by atoms with Crippen LogP contribution in [0.15, 0.2) is 23.1 Å². The van der Waals surface area contributed by atoms with E-state index in [9.17, 15) is 18.0 Å². The molecule has 2 nitrogen and oxygen atoms in total. The van der Waals surface area contributed by atoms with E-state index >= 15 is 0 Å². The molecule has 1 aromatic carbocycles. The van der Waals surface area contributed by atoms with Gasteiger partial charge in [-0.25, -0.2) is 0 Å². The summed E-state index contributed by atoms with van der Waals surface area (Å²) < 4.78 is 38.4. The molecule has 0 aliphatic heterocycles. The lowest BCUT2D eigenvalue weighted by Gasteiger charge is -2.29. The Hall–Kier alpha value is -0.880. The van der Waals surface area contributed by atoms with E-state index in [1.54, 1.807) is 0 Å². The second-order valence-corrected chi connectivity index (χ2v) is 7.32. The summed E-state index contributed by atoms with van der Waals surface area (Å²) in [5, 5.41) is 2.66. The van der Waals surface area contributed by atoms with Crippen LogP contribution in [-0.4, -0.2) is 17.7 Å². The van der Waals surface area contributed by atoms with Crippen molar-refractivity contribution in [3.05, 3.63) is 28.8 Å². The highest BCUT2D eigenvalue weighted by Gasteiger charge is 2.33. The van der Waals surface area contributed by atoms with Crippen LogP contribution in [0.25, 0.3) is 0 Å². The van der Waals surface area contributed by atoms with E-state index in [2.05, 4.69) is 12.2 Å². The molecule has 23 heavy (non-hydrogen) atoms. The topological polar surface area (TPSA) is 29.1 Å². The molecular formula is C16H19ClF3NOS. The number of nitrogens with one attached hydrogen (secondary N) is 1. The van der Waals surface area contributed by atoms with Gasteiger partial charge in [0.25, 0.3) is 0 Å². The van der Waals surface area contributed by atoms with Crippen molar-refractivity contribution >= 4 is 29.3 Å². The van der Waals surface area contributed by atoms with Gasteiger partial charge in [0.05, 0.1) is 16.3 Å². The number of hydrogen-bond acceptors (Lipinski definition) is 2. The van der Waals surface area contributed by atoms with Gasteiger partial charge in [0.15, 0.2) is 0 Å². The van der Waals surface area contributed by atoms with Crippen molar-refractivity contribution in [2.45, 2.75) is 49.7 Å². The van der Waals surface area contributed by atoms with E-state index in [0.29, 0.717) is 10.8 Å². The Labute approximate surface area is 143 Å². The first kappa shape index (κ1) is 18.5. The Morgan fingerprint density at radius 1 is 1.35 bits per heavy atom. The van der Waals surface area contributed by atoms with Gasteiger partial charge in [-0.2, -0.15) is 13.2 Å². The molecule has 1 N–H and O–H groups in total. The molecule has 0 aromatic heterocycles. The zero-order valence-electron chi connectivity index (χ0n) is 12.8. The normalized spacial score (nSPS) is 22.0. The fraction of sp³-hybridized carbons (Fsp3) is 0.562. The molecule has 0 radical (unpaired) electrons. The van der Waals surface area contributed by atoms with Crippen molar-refractivity contribution in [1.82, 2.24) is 5.32 Å². The van der Waals surface area contributed by atoms with Gasteiger partial charge >= 0.3 is 6.18 Å². The second kappa shape index (κ2) is 7.79. The lowest BCUT2D eigenvalue weighted by atomic mass is 9.86. The zero-order valence-corrected chi connectivity index (χ0v) is 14.3. The van der Waals surface area contributed by atoms with E-state index in [4.69, 9.17) is 11.6 Å². The van der Waals surface area contributed by atoms with Crippen molar-refractivity contribution in [1.29, 1.82) is 0 Å². The first-order chi connectivity index (χ1) is 10.8. The van der Waals surface area contributed by atoms with Crippen LogP contribution >= 0.6 is 23.4 Å². The fourth-order valence-corrected chi connectivity index (χ4v) is 3.71. The Bertz CT molecular complexity index is 565. The number of carbonyl (C=O) groups excluding carboxylic acids is 1. The summed E-state index contributed by atoms with van der Waals surface area (Å²) in [6.45, 7) is 2.12. The second-order valence-electron chi connectivity index (χ2n) is 5.86. The Morgan fingerprint density at radius 2 is 2.04 bits per heavy atom. The third-order valence-corrected chi connectivity index (χ3v) is 5.39. The number of alkyl halides is 3. The first-order valence-corrected chi connectivity index (χ1v) is 8.92. The molecule has 7 heteroatoms. The minimum absolute atomic E-state index is 0.0994. The Kier molecular flexibility index (Phi) is 6.26. The van der Waals surface area contributed by atoms with Gasteiger partial charge in [0, 0.05) is 10.9 Å². The molecule has 0 spiro atoms. The largest absolute Gasteiger partial charge is 0.417 e. The maximum Gasteiger partial charge on any atom is 0.417 e. The standard InChI is InChI=1S/C16H19ClF3NOS/c1-10-4-2-3-5-14(10)21-15(22)9-23-11-6-7-13(17)12(8-11)16(18,19)20/h6-8,10,14H,2-5,9H2,1H3,(H,21,22)/t10-,14-/m1/s1. The third-order valence-electron chi connectivity index (χ3n) is 4.07. The number of thioether (sulfide) groups is 1. The lowest BCUT2D eigenvalue weighted by molar-refractivity contribution is -0.137. The predicted molar refractivity (Wildman–Crippen MR) is 86.7 cm³/mol. The molecule has 1 fully saturated rings. The van der Waals surface area contributed by atoms with Crippen molar-refractivity contribution in [2.75, 3.05) is 5.75 Å². The maximum absolute atomic E-state index is 12.8. The molecule has 2 rings (SSSR count). The molecule has 2 atom stereocenters. The Balaban J connectivity index is 1.91. The summed E-state index contributed by atoms with van der Waals surface area (Å²) in [6, 6.07) is 3.88. The molecule has 0 bridgehead atoms. The summed E-state index contributed by atoms with van der Waals surface area (Å²) in [7, 11) is 0. The highest BCUT2D eigenvalue weighted by Crippen LogP contribution is 2.37. The van der Waals surface area contributed by atoms with Crippen LogP contribution in [-0.2, 0) is 11.0 Å². The number of halogens is 4. The van der Waals surface area contributed by atoms with Gasteiger partial charge in [0.2, 0.25) is 5.91 Å². The monoisotopic (exact) mass is 365 g/mol. The molecule has 0 heterocycles. The maximum atomic E-state index is 12.8. The van der Waals surface area contributed by atoms with Gasteiger partial charge in [-0.15, -0.1) is 11.8 Å². The van der Waals surface area contributed by atoms with Gasteiger partial charge < -0.3 is 5.32 Å². The lowest BCUT2D eigenvalue weighted by Crippen LogP contribution is -2.41. The number of carbonyl (C=O) groups is 1. The van der Waals surface area contributed by atoms with Crippen molar-refractivity contribution < 1.29 is 18.0 Å². The molecule has 0 saturated heterocycles. The summed E-state index contributed by atoms with van der Waals surface area (Å²) >= 11 is 6.67. The van der Waals surface area contributed by atoms with Gasteiger partial charge in [-0.1, -0.05) is 31.4 Å². The molecule has 1 saturated carbocycles. The van der Waals surface area contributed by atoms with E-state index in [-0.39, 0.29) is 22.7 Å². The average Bonchev–Trinajstić information content (AvgIpc) is 2.47. The number of benzene rings is 1. The number of amides is 1. The molecule has 1 amide bonds. The van der Waals surface area contributed by atoms with Crippen LogP contribution < -0.4 is 5.32 Å². The van der Waals surface area contributed by atoms with Crippen LogP contribution in [0.3, 0.4) is 0 Å². The predicted octanol–water partition coefficient (Wildman–Crippen LogP) is 5.15. The molecular weight excluding hydrogens is 347 g/mol. The van der Waals surface area contributed by atoms with Crippen molar-refractivity contribution in [3.8, 4) is 0 Å². The zero-order chi connectivity index (χ0) is 17.0. The third kappa shape index (κ3) is 5.31. The molecule has 128 valence electrons. The Morgan fingerprint density at radius 3 is 2.70 bits per heavy atom. The van der Waals surface area contributed by atoms with E-state index in [1.165, 1.54) is 18.6 Å². The molecule has 1 aromatic rings. The number of rotatable bonds is 4. The number of hydrogen-bond donors (Lipinski definition) is 1. The van der Waals surface area contributed by atoms with E-state index < -0.39 is 11.7 Å². The summed E-state index contributed by atoms with van der Waals surface area (Å²) in [5.74, 6) is 0.407. The molecule has 1 aliphatic rings. The smallest absolute Gasteiger partial charge is 0.352 e. The SMILES string of the molecule is C[C@@H]1CCCC[C@H]1NC(=O)CSc1ccc(Cl)c(C(F)(F)F)c1. The van der Waals surface area contributed by atoms with Gasteiger partial charge in [-0.3, -0.25) is 4.79 Å². The summed E-state index contributed by atoms with van der Waals surface area (Å²) in [5.41, 5.74) is -0.870.